The van der Waals surface area contributed by atoms with Gasteiger partial charge in [-0.3, -0.25) is 14.3 Å². The molecular weight excluding hydrogens is 212 g/mol. The van der Waals surface area contributed by atoms with E-state index in [0.29, 0.717) is 0 Å². The summed E-state index contributed by atoms with van der Waals surface area (Å²) in [5.41, 5.74) is 5.14. The van der Waals surface area contributed by atoms with E-state index in [0.717, 1.165) is 0 Å². The van der Waals surface area contributed by atoms with Crippen LogP contribution in [0.15, 0.2) is 6.20 Å². The van der Waals surface area contributed by atoms with Crippen LogP contribution in [0, 0.1) is 0 Å². The Hall–Kier alpha value is -1.89. The Labute approximate surface area is 92.2 Å². The molecule has 0 fully saturated rings. The molecule has 0 radical (unpaired) electrons. The van der Waals surface area contributed by atoms with E-state index in [4.69, 9.17) is 10.8 Å². The number of carbonyl (C=O) groups excluding carboxylic acids is 2. The average molecular weight is 226 g/mol. The van der Waals surface area contributed by atoms with Crippen LogP contribution in [0.1, 0.15) is 27.8 Å². The van der Waals surface area contributed by atoms with Crippen LogP contribution in [0.25, 0.3) is 0 Å². The largest absolute Gasteiger partial charge is 0.394 e. The number of nitrogens with zero attached hydrogens (tertiary/aromatic N) is 2. The topological polar surface area (TPSA) is 110 Å². The van der Waals surface area contributed by atoms with Crippen LogP contribution in [0.2, 0.25) is 0 Å². The van der Waals surface area contributed by atoms with Gasteiger partial charge in [-0.15, -0.1) is 0 Å². The normalized spacial score (nSPS) is 12.2. The van der Waals surface area contributed by atoms with Crippen molar-refractivity contribution in [2.24, 2.45) is 12.8 Å². The zero-order valence-electron chi connectivity index (χ0n) is 9.10. The molecule has 0 spiro atoms. The monoisotopic (exact) mass is 226 g/mol. The number of hydrogen-bond donors (Lipinski definition) is 3. The van der Waals surface area contributed by atoms with Gasteiger partial charge < -0.3 is 16.2 Å². The Balaban J connectivity index is 2.94. The molecule has 0 saturated heterocycles. The number of amides is 2. The maximum atomic E-state index is 11.6. The zero-order valence-corrected chi connectivity index (χ0v) is 9.10. The molecule has 7 nitrogen and oxygen atoms in total. The van der Waals surface area contributed by atoms with Gasteiger partial charge in [0.05, 0.1) is 12.2 Å². The van der Waals surface area contributed by atoms with Gasteiger partial charge in [-0.05, 0) is 6.92 Å². The van der Waals surface area contributed by atoms with Crippen LogP contribution in [-0.4, -0.2) is 39.4 Å². The minimum atomic E-state index is -0.713. The van der Waals surface area contributed by atoms with Gasteiger partial charge in [0.1, 0.15) is 0 Å². The van der Waals surface area contributed by atoms with Crippen molar-refractivity contribution in [3.63, 3.8) is 0 Å². The number of carbonyl (C=O) groups is 2. The summed E-state index contributed by atoms with van der Waals surface area (Å²) < 4.78 is 1.33. The molecule has 1 rings (SSSR count). The smallest absolute Gasteiger partial charge is 0.272 e. The fourth-order valence-electron chi connectivity index (χ4n) is 1.17. The summed E-state index contributed by atoms with van der Waals surface area (Å²) in [4.78, 5) is 22.7. The van der Waals surface area contributed by atoms with Crippen LogP contribution in [0.5, 0.6) is 0 Å². The highest BCUT2D eigenvalue weighted by atomic mass is 16.3. The van der Waals surface area contributed by atoms with Gasteiger partial charge in [0.2, 0.25) is 0 Å². The third-order valence-corrected chi connectivity index (χ3v) is 1.96. The summed E-state index contributed by atoms with van der Waals surface area (Å²) in [6.07, 6.45) is 1.38. The van der Waals surface area contributed by atoms with E-state index in [-0.39, 0.29) is 17.9 Å². The van der Waals surface area contributed by atoms with Crippen molar-refractivity contribution < 1.29 is 14.7 Å². The second kappa shape index (κ2) is 4.75. The highest BCUT2D eigenvalue weighted by Crippen LogP contribution is 2.05. The summed E-state index contributed by atoms with van der Waals surface area (Å²) in [6, 6.07) is -0.407. The van der Waals surface area contributed by atoms with Crippen molar-refractivity contribution in [3.8, 4) is 0 Å². The van der Waals surface area contributed by atoms with Gasteiger partial charge in [0, 0.05) is 19.3 Å². The molecule has 0 aliphatic carbocycles. The molecular formula is C9H14N4O3. The second-order valence-corrected chi connectivity index (χ2v) is 3.49. The average Bonchev–Trinajstić information content (AvgIpc) is 2.60. The summed E-state index contributed by atoms with van der Waals surface area (Å²) in [5.74, 6) is -1.24. The third-order valence-electron chi connectivity index (χ3n) is 1.96. The number of aliphatic hydroxyl groups excluding tert-OH is 1. The minimum absolute atomic E-state index is 0.0321. The van der Waals surface area contributed by atoms with E-state index < -0.39 is 17.9 Å². The number of aromatic nitrogens is 2. The Morgan fingerprint density at radius 3 is 2.81 bits per heavy atom. The predicted molar refractivity (Wildman–Crippen MR) is 55.7 cm³/mol. The molecule has 0 bridgehead atoms. The van der Waals surface area contributed by atoms with E-state index in [9.17, 15) is 9.59 Å². The summed E-state index contributed by atoms with van der Waals surface area (Å²) in [6.45, 7) is 1.44. The Kier molecular flexibility index (Phi) is 3.62. The minimum Gasteiger partial charge on any atom is -0.394 e. The molecule has 1 atom stereocenters. The number of hydrogen-bond acceptors (Lipinski definition) is 4. The van der Waals surface area contributed by atoms with Crippen molar-refractivity contribution in [1.82, 2.24) is 15.1 Å². The van der Waals surface area contributed by atoms with E-state index in [1.165, 1.54) is 10.9 Å². The van der Waals surface area contributed by atoms with Crippen LogP contribution in [-0.2, 0) is 7.05 Å². The lowest BCUT2D eigenvalue weighted by Gasteiger charge is -2.09. The van der Waals surface area contributed by atoms with Gasteiger partial charge in [0.15, 0.2) is 5.69 Å². The summed E-state index contributed by atoms with van der Waals surface area (Å²) in [5, 5.41) is 15.1. The van der Waals surface area contributed by atoms with Crippen molar-refractivity contribution in [2.75, 3.05) is 6.61 Å². The molecule has 4 N–H and O–H groups in total. The Bertz CT molecular complexity index is 413. The molecule has 2 amide bonds. The molecule has 0 saturated carbocycles. The van der Waals surface area contributed by atoms with E-state index in [1.54, 1.807) is 14.0 Å². The SMILES string of the molecule is CC(CO)NC(=O)c1nn(C)cc1C(N)=O. The zero-order chi connectivity index (χ0) is 12.3. The molecule has 0 aromatic carbocycles. The second-order valence-electron chi connectivity index (χ2n) is 3.49. The van der Waals surface area contributed by atoms with Crippen LogP contribution in [0.4, 0.5) is 0 Å². The quantitative estimate of drug-likeness (QED) is 0.588. The summed E-state index contributed by atoms with van der Waals surface area (Å²) >= 11 is 0. The molecule has 16 heavy (non-hydrogen) atoms. The molecule has 0 aliphatic heterocycles. The molecule has 88 valence electrons. The van der Waals surface area contributed by atoms with Crippen molar-refractivity contribution in [2.45, 2.75) is 13.0 Å². The van der Waals surface area contributed by atoms with Crippen molar-refractivity contribution in [3.05, 3.63) is 17.5 Å². The first-order valence-corrected chi connectivity index (χ1v) is 4.71. The lowest BCUT2D eigenvalue weighted by molar-refractivity contribution is 0.0905. The first-order chi connectivity index (χ1) is 7.45. The van der Waals surface area contributed by atoms with Gasteiger partial charge in [-0.25, -0.2) is 0 Å². The van der Waals surface area contributed by atoms with Gasteiger partial charge in [-0.2, -0.15) is 5.10 Å². The number of rotatable bonds is 4. The van der Waals surface area contributed by atoms with Crippen LogP contribution < -0.4 is 11.1 Å². The van der Waals surface area contributed by atoms with Crippen molar-refractivity contribution in [1.29, 1.82) is 0 Å². The number of aryl methyl sites for hydroxylation is 1. The first kappa shape index (κ1) is 12.2. The standard InChI is InChI=1S/C9H14N4O3/c1-5(4-14)11-9(16)7-6(8(10)15)3-13(2)12-7/h3,5,14H,4H2,1-2H3,(H2,10,15)(H,11,16). The highest BCUT2D eigenvalue weighted by Gasteiger charge is 2.20. The maximum Gasteiger partial charge on any atom is 0.272 e. The molecule has 1 heterocycles. The molecule has 0 aliphatic rings. The number of nitrogens with one attached hydrogen (secondary N) is 1. The Morgan fingerprint density at radius 2 is 2.31 bits per heavy atom. The predicted octanol–water partition coefficient (Wildman–Crippen LogP) is -1.37. The third kappa shape index (κ3) is 2.57. The summed E-state index contributed by atoms with van der Waals surface area (Å²) in [7, 11) is 1.58. The number of aliphatic hydroxyl groups is 1. The van der Waals surface area contributed by atoms with Crippen molar-refractivity contribution >= 4 is 11.8 Å². The lowest BCUT2D eigenvalue weighted by Crippen LogP contribution is -2.36. The fraction of sp³-hybridized carbons (Fsp3) is 0.444. The highest BCUT2D eigenvalue weighted by molar-refractivity contribution is 6.05. The molecule has 7 heteroatoms. The van der Waals surface area contributed by atoms with Gasteiger partial charge in [0.25, 0.3) is 11.8 Å². The first-order valence-electron chi connectivity index (χ1n) is 4.71. The lowest BCUT2D eigenvalue weighted by atomic mass is 10.2. The van der Waals surface area contributed by atoms with Crippen LogP contribution >= 0.6 is 0 Å². The molecule has 1 unspecified atom stereocenters. The number of primary amides is 1. The van der Waals surface area contributed by atoms with E-state index >= 15 is 0 Å². The molecule has 1 aromatic rings. The Morgan fingerprint density at radius 1 is 1.69 bits per heavy atom. The van der Waals surface area contributed by atoms with Gasteiger partial charge >= 0.3 is 0 Å². The fourth-order valence-corrected chi connectivity index (χ4v) is 1.17. The van der Waals surface area contributed by atoms with E-state index in [1.807, 2.05) is 0 Å². The van der Waals surface area contributed by atoms with Gasteiger partial charge in [-0.1, -0.05) is 0 Å². The maximum absolute atomic E-state index is 11.6. The van der Waals surface area contributed by atoms with Crippen LogP contribution in [0.3, 0.4) is 0 Å². The van der Waals surface area contributed by atoms with E-state index in [2.05, 4.69) is 10.4 Å². The number of nitrogens with two attached hydrogens (primary N) is 1. The molecule has 1 aromatic heterocycles.